The van der Waals surface area contributed by atoms with Gasteiger partial charge in [-0.1, -0.05) is 6.92 Å². The number of benzene rings is 1. The van der Waals surface area contributed by atoms with E-state index in [-0.39, 0.29) is 5.75 Å². The van der Waals surface area contributed by atoms with E-state index in [1.165, 1.54) is 6.08 Å². The second-order valence-electron chi connectivity index (χ2n) is 2.41. The first-order valence-corrected chi connectivity index (χ1v) is 3.70. The highest BCUT2D eigenvalue weighted by atomic mass is 16.3. The van der Waals surface area contributed by atoms with Crippen LogP contribution in [0.25, 0.3) is 0 Å². The van der Waals surface area contributed by atoms with E-state index in [9.17, 15) is 4.79 Å². The molecule has 0 aliphatic heterocycles. The summed E-state index contributed by atoms with van der Waals surface area (Å²) in [6.07, 6.45) is 2.31. The minimum Gasteiger partial charge on any atom is -0.592 e. The van der Waals surface area contributed by atoms with E-state index in [0.29, 0.717) is 5.69 Å². The van der Waals surface area contributed by atoms with E-state index in [1.54, 1.807) is 12.1 Å². The summed E-state index contributed by atoms with van der Waals surface area (Å²) in [7, 11) is 0. The zero-order valence-corrected chi connectivity index (χ0v) is 6.79. The molecule has 3 heteroatoms. The zero-order chi connectivity index (χ0) is 8.97. The Morgan fingerprint density at radius 3 is 2.92 bits per heavy atom. The van der Waals surface area contributed by atoms with Crippen LogP contribution < -0.4 is 0 Å². The number of hydrogen-bond acceptors (Lipinski definition) is 2. The van der Waals surface area contributed by atoms with Gasteiger partial charge in [-0.2, -0.15) is 4.99 Å². The Morgan fingerprint density at radius 1 is 1.58 bits per heavy atom. The molecule has 1 aromatic carbocycles. The molecule has 2 N–H and O–H groups in total. The van der Waals surface area contributed by atoms with Gasteiger partial charge in [0.15, 0.2) is 5.69 Å². The monoisotopic (exact) mass is 164 g/mol. The molecule has 0 aliphatic rings. The van der Waals surface area contributed by atoms with E-state index in [4.69, 9.17) is 5.11 Å². The number of nitrogens with zero attached hydrogens (tertiary/aromatic N) is 1. The van der Waals surface area contributed by atoms with Crippen LogP contribution in [0.4, 0.5) is 5.69 Å². The van der Waals surface area contributed by atoms with Gasteiger partial charge in [0.25, 0.3) is 5.75 Å². The topological polar surface area (TPSA) is 52.3 Å². The van der Waals surface area contributed by atoms with Gasteiger partial charge in [0.05, 0.1) is 0 Å². The summed E-state index contributed by atoms with van der Waals surface area (Å²) in [4.78, 5) is 13.4. The first kappa shape index (κ1) is 8.50. The normalized spacial score (nSPS) is 9.08. The molecule has 0 heterocycles. The summed E-state index contributed by atoms with van der Waals surface area (Å²) in [5.41, 5.74) is 1.46. The van der Waals surface area contributed by atoms with Gasteiger partial charge in [0.2, 0.25) is 6.08 Å². The molecular formula is C9H10NO2+. The molecule has 0 saturated heterocycles. The van der Waals surface area contributed by atoms with Gasteiger partial charge in [0, 0.05) is 6.07 Å². The minimum absolute atomic E-state index is 0.260. The maximum absolute atomic E-state index is 9.95. The van der Waals surface area contributed by atoms with Gasteiger partial charge < -0.3 is 5.11 Å². The van der Waals surface area contributed by atoms with Crippen molar-refractivity contribution in [3.8, 4) is 5.75 Å². The van der Waals surface area contributed by atoms with Crippen LogP contribution in [0, 0.1) is 0 Å². The summed E-state index contributed by atoms with van der Waals surface area (Å²) in [6, 6.07) is 5.22. The molecule has 0 radical (unpaired) electrons. The van der Waals surface area contributed by atoms with Crippen LogP contribution in [0.15, 0.2) is 23.2 Å². The lowest BCUT2D eigenvalue weighted by molar-refractivity contribution is 0.476. The Labute approximate surface area is 70.4 Å². The molecule has 3 nitrogen and oxygen atoms in total. The van der Waals surface area contributed by atoms with Gasteiger partial charge >= 0.3 is 0 Å². The number of rotatable bonds is 2. The maximum Gasteiger partial charge on any atom is 0.281 e. The lowest BCUT2D eigenvalue weighted by atomic mass is 10.1. The molecule has 0 aromatic heterocycles. The Balaban J connectivity index is 3.16. The van der Waals surface area contributed by atoms with Crippen molar-refractivity contribution in [3.63, 3.8) is 0 Å². The third-order valence-corrected chi connectivity index (χ3v) is 1.64. The number of aliphatic imine (C=N–C) groups is 1. The molecule has 0 fully saturated rings. The predicted octanol–water partition coefficient (Wildman–Crippen LogP) is 1.65. The van der Waals surface area contributed by atoms with Crippen LogP contribution in [-0.4, -0.2) is 11.2 Å². The van der Waals surface area contributed by atoms with Crippen LogP contribution >= 0.6 is 0 Å². The number of aryl methyl sites for hydroxylation is 1. The van der Waals surface area contributed by atoms with E-state index >= 15 is 0 Å². The van der Waals surface area contributed by atoms with Crippen molar-refractivity contribution in [1.29, 1.82) is 0 Å². The van der Waals surface area contributed by atoms with Crippen molar-refractivity contribution >= 4 is 11.8 Å². The fourth-order valence-electron chi connectivity index (χ4n) is 0.939. The molecule has 62 valence electrons. The van der Waals surface area contributed by atoms with Crippen molar-refractivity contribution in [1.82, 2.24) is 0 Å². The van der Waals surface area contributed by atoms with Crippen molar-refractivity contribution in [2.45, 2.75) is 13.3 Å². The fraction of sp³-hybridized carbons (Fsp3) is 0.222. The zero-order valence-electron chi connectivity index (χ0n) is 6.79. The average molecular weight is 164 g/mol. The standard InChI is InChI=1S/C9H9NO2/c1-2-7-3-4-9(12)8(5-7)10-6-11/h3-5,12H,2H2,1H3/p+1. The van der Waals surface area contributed by atoms with Gasteiger partial charge in [-0.3, -0.25) is 0 Å². The van der Waals surface area contributed by atoms with Crippen LogP contribution in [0.1, 0.15) is 12.5 Å². The first-order chi connectivity index (χ1) is 5.77. The largest absolute Gasteiger partial charge is 0.592 e. The lowest BCUT2D eigenvalue weighted by Crippen LogP contribution is -1.78. The Bertz CT molecular complexity index is 327. The Morgan fingerprint density at radius 2 is 2.33 bits per heavy atom. The minimum atomic E-state index is 0.260. The van der Waals surface area contributed by atoms with Crippen molar-refractivity contribution in [2.75, 3.05) is 0 Å². The summed E-state index contributed by atoms with van der Waals surface area (Å²) >= 11 is 0. The highest BCUT2D eigenvalue weighted by Crippen LogP contribution is 2.26. The van der Waals surface area contributed by atoms with E-state index in [2.05, 4.69) is 4.99 Å². The molecule has 0 aliphatic carbocycles. The Kier molecular flexibility index (Phi) is 2.62. The molecule has 12 heavy (non-hydrogen) atoms. The van der Waals surface area contributed by atoms with Crippen LogP contribution in [0.2, 0.25) is 0 Å². The third kappa shape index (κ3) is 1.71. The van der Waals surface area contributed by atoms with Gasteiger partial charge in [-0.05, 0) is 24.1 Å². The molecule has 0 atom stereocenters. The summed E-state index contributed by atoms with van der Waals surface area (Å²) < 4.78 is 0. The number of isocyanates is 1. The molecule has 1 aromatic rings. The molecule has 1 rings (SSSR count). The smallest absolute Gasteiger partial charge is 0.281 e. The highest BCUT2D eigenvalue weighted by Gasteiger charge is 2.03. The molecule has 0 bridgehead atoms. The quantitative estimate of drug-likeness (QED) is 0.372. The van der Waals surface area contributed by atoms with Gasteiger partial charge in [-0.25, -0.2) is 4.79 Å². The predicted molar refractivity (Wildman–Crippen MR) is 46.7 cm³/mol. The van der Waals surface area contributed by atoms with Crippen LogP contribution in [-0.2, 0) is 11.2 Å². The summed E-state index contributed by atoms with van der Waals surface area (Å²) in [5, 5.41) is 7.37. The van der Waals surface area contributed by atoms with E-state index < -0.39 is 0 Å². The lowest BCUT2D eigenvalue weighted by Gasteiger charge is -1.96. The summed E-state index contributed by atoms with van der Waals surface area (Å²) in [5.74, 6) is 0.260. The molecule has 0 spiro atoms. The maximum atomic E-state index is 9.95. The van der Waals surface area contributed by atoms with Crippen molar-refractivity contribution in [2.24, 2.45) is 4.99 Å². The average Bonchev–Trinajstić information content (AvgIpc) is 2.09. The van der Waals surface area contributed by atoms with Crippen molar-refractivity contribution in [3.05, 3.63) is 23.8 Å². The first-order valence-electron chi connectivity index (χ1n) is 3.70. The molecule has 0 amide bonds. The fourth-order valence-corrected chi connectivity index (χ4v) is 0.939. The second-order valence-corrected chi connectivity index (χ2v) is 2.41. The SMILES string of the molecule is CCc1ccc([OH2+])c(N=C=O)c1. The molecule has 0 saturated carbocycles. The van der Waals surface area contributed by atoms with E-state index in [1.807, 2.05) is 13.0 Å². The Hall–Kier alpha value is -1.60. The molecule has 0 unspecified atom stereocenters. The summed E-state index contributed by atoms with van der Waals surface area (Å²) in [6.45, 7) is 2.01. The van der Waals surface area contributed by atoms with Crippen LogP contribution in [0.3, 0.4) is 0 Å². The van der Waals surface area contributed by atoms with Crippen LogP contribution in [0.5, 0.6) is 5.75 Å². The van der Waals surface area contributed by atoms with Crippen molar-refractivity contribution < 1.29 is 9.90 Å². The molecular weight excluding hydrogens is 154 g/mol. The van der Waals surface area contributed by atoms with Gasteiger partial charge in [-0.15, -0.1) is 0 Å². The second kappa shape index (κ2) is 3.69. The third-order valence-electron chi connectivity index (χ3n) is 1.64. The van der Waals surface area contributed by atoms with E-state index in [0.717, 1.165) is 12.0 Å². The number of carbonyl (C=O) groups excluding carboxylic acids is 1. The van der Waals surface area contributed by atoms with Gasteiger partial charge in [0.1, 0.15) is 0 Å². The highest BCUT2D eigenvalue weighted by molar-refractivity contribution is 5.58. The number of hydrogen-bond donors (Lipinski definition) is 0.